The molecule has 2 nitrogen and oxygen atoms in total. The Balaban J connectivity index is 2.36. The van der Waals surface area contributed by atoms with Crippen molar-refractivity contribution in [3.63, 3.8) is 0 Å². The Labute approximate surface area is 89.7 Å². The molecule has 0 amide bonds. The summed E-state index contributed by atoms with van der Waals surface area (Å²) in [6.45, 7) is 0.660. The van der Waals surface area contributed by atoms with E-state index in [4.69, 9.17) is 5.73 Å². The summed E-state index contributed by atoms with van der Waals surface area (Å²) in [7, 11) is 2.16. The van der Waals surface area contributed by atoms with Gasteiger partial charge >= 0.3 is 0 Å². The number of fused-ring (bicyclic) bond motifs is 1. The predicted octanol–water partition coefficient (Wildman–Crippen LogP) is 2.51. The van der Waals surface area contributed by atoms with Crippen molar-refractivity contribution in [1.29, 1.82) is 0 Å². The summed E-state index contributed by atoms with van der Waals surface area (Å²) < 4.78 is 2.33. The van der Waals surface area contributed by atoms with Gasteiger partial charge in [-0.05, 0) is 30.4 Å². The molecule has 1 aliphatic carbocycles. The van der Waals surface area contributed by atoms with Crippen molar-refractivity contribution in [3.05, 3.63) is 35.5 Å². The van der Waals surface area contributed by atoms with Crippen LogP contribution in [0.3, 0.4) is 0 Å². The number of para-hydroxylation sites is 1. The van der Waals surface area contributed by atoms with Crippen LogP contribution in [-0.4, -0.2) is 4.57 Å². The van der Waals surface area contributed by atoms with Crippen molar-refractivity contribution in [3.8, 4) is 0 Å². The molecule has 0 saturated heterocycles. The van der Waals surface area contributed by atoms with Gasteiger partial charge in [-0.3, -0.25) is 0 Å². The maximum absolute atomic E-state index is 5.88. The van der Waals surface area contributed by atoms with Gasteiger partial charge in [0, 0.05) is 30.2 Å². The molecule has 2 heteroatoms. The molecule has 1 aromatic carbocycles. The van der Waals surface area contributed by atoms with Gasteiger partial charge in [0.15, 0.2) is 0 Å². The van der Waals surface area contributed by atoms with Crippen molar-refractivity contribution in [1.82, 2.24) is 4.57 Å². The van der Waals surface area contributed by atoms with Gasteiger partial charge in [0.25, 0.3) is 0 Å². The minimum atomic E-state index is 0.660. The summed E-state index contributed by atoms with van der Waals surface area (Å²) in [5.74, 6) is 0.765. The summed E-state index contributed by atoms with van der Waals surface area (Å²) in [5, 5.41) is 1.34. The second-order valence-corrected chi connectivity index (χ2v) is 4.42. The van der Waals surface area contributed by atoms with Crippen molar-refractivity contribution in [2.45, 2.75) is 25.3 Å². The number of hydrogen-bond acceptors (Lipinski definition) is 1. The minimum absolute atomic E-state index is 0.660. The minimum Gasteiger partial charge on any atom is -0.347 e. The number of rotatable bonds is 2. The number of aryl methyl sites for hydroxylation is 1. The molecule has 3 rings (SSSR count). The summed E-state index contributed by atoms with van der Waals surface area (Å²) in [6.07, 6.45) is 2.66. The van der Waals surface area contributed by atoms with E-state index >= 15 is 0 Å². The van der Waals surface area contributed by atoms with Gasteiger partial charge in [0.2, 0.25) is 0 Å². The van der Waals surface area contributed by atoms with Gasteiger partial charge in [0.1, 0.15) is 0 Å². The van der Waals surface area contributed by atoms with Crippen LogP contribution in [0.4, 0.5) is 0 Å². The molecular formula is C13H16N2. The molecule has 1 aliphatic rings. The zero-order chi connectivity index (χ0) is 10.4. The first-order valence-electron chi connectivity index (χ1n) is 5.59. The normalized spacial score (nSPS) is 16.1. The average Bonchev–Trinajstić information content (AvgIpc) is 3.05. The Bertz CT molecular complexity index is 506. The molecule has 0 aliphatic heterocycles. The fourth-order valence-electron chi connectivity index (χ4n) is 2.58. The molecule has 2 aromatic rings. The molecule has 0 atom stereocenters. The van der Waals surface area contributed by atoms with E-state index < -0.39 is 0 Å². The highest BCUT2D eigenvalue weighted by atomic mass is 15.0. The molecule has 0 bridgehead atoms. The van der Waals surface area contributed by atoms with E-state index in [1.807, 2.05) is 0 Å². The fourth-order valence-corrected chi connectivity index (χ4v) is 2.58. The number of benzene rings is 1. The van der Waals surface area contributed by atoms with Crippen LogP contribution in [-0.2, 0) is 13.6 Å². The SMILES string of the molecule is Cn1c(C2CC2)c(CN)c2ccccc21. The van der Waals surface area contributed by atoms with E-state index in [1.165, 1.54) is 35.0 Å². The van der Waals surface area contributed by atoms with E-state index in [0.717, 1.165) is 5.92 Å². The number of aromatic nitrogens is 1. The van der Waals surface area contributed by atoms with Crippen molar-refractivity contribution < 1.29 is 0 Å². The summed E-state index contributed by atoms with van der Waals surface area (Å²) in [5.41, 5.74) is 10.0. The van der Waals surface area contributed by atoms with E-state index in [-0.39, 0.29) is 0 Å². The van der Waals surface area contributed by atoms with Crippen molar-refractivity contribution in [2.75, 3.05) is 0 Å². The van der Waals surface area contributed by atoms with Gasteiger partial charge in [-0.15, -0.1) is 0 Å². The van der Waals surface area contributed by atoms with Crippen LogP contribution in [0.5, 0.6) is 0 Å². The second kappa shape index (κ2) is 3.11. The predicted molar refractivity (Wildman–Crippen MR) is 62.8 cm³/mol. The van der Waals surface area contributed by atoms with E-state index in [1.54, 1.807) is 0 Å². The smallest absolute Gasteiger partial charge is 0.0483 e. The highest BCUT2D eigenvalue weighted by molar-refractivity contribution is 5.85. The summed E-state index contributed by atoms with van der Waals surface area (Å²) >= 11 is 0. The largest absolute Gasteiger partial charge is 0.347 e. The molecule has 78 valence electrons. The Hall–Kier alpha value is -1.28. The number of nitrogens with two attached hydrogens (primary N) is 1. The number of nitrogens with zero attached hydrogens (tertiary/aromatic N) is 1. The van der Waals surface area contributed by atoms with Gasteiger partial charge in [-0.25, -0.2) is 0 Å². The van der Waals surface area contributed by atoms with Crippen LogP contribution in [0, 0.1) is 0 Å². The molecule has 1 saturated carbocycles. The first kappa shape index (κ1) is 8.98. The molecule has 2 N–H and O–H groups in total. The van der Waals surface area contributed by atoms with Gasteiger partial charge < -0.3 is 10.3 Å². The van der Waals surface area contributed by atoms with Crippen molar-refractivity contribution in [2.24, 2.45) is 12.8 Å². The average molecular weight is 200 g/mol. The van der Waals surface area contributed by atoms with Crippen molar-refractivity contribution >= 4 is 10.9 Å². The summed E-state index contributed by atoms with van der Waals surface area (Å²) in [6, 6.07) is 8.56. The van der Waals surface area contributed by atoms with E-state index in [9.17, 15) is 0 Å². The Morgan fingerprint density at radius 1 is 1.33 bits per heavy atom. The van der Waals surface area contributed by atoms with Crippen LogP contribution in [0.2, 0.25) is 0 Å². The molecule has 0 radical (unpaired) electrons. The highest BCUT2D eigenvalue weighted by Gasteiger charge is 2.29. The molecule has 1 fully saturated rings. The van der Waals surface area contributed by atoms with Crippen LogP contribution in [0.15, 0.2) is 24.3 Å². The molecule has 0 unspecified atom stereocenters. The standard InChI is InChI=1S/C13H16N2/c1-15-12-5-3-2-4-10(12)11(8-14)13(15)9-6-7-9/h2-5,9H,6-8,14H2,1H3. The first-order chi connectivity index (χ1) is 7.33. The third-order valence-electron chi connectivity index (χ3n) is 3.43. The maximum atomic E-state index is 5.88. The first-order valence-corrected chi connectivity index (χ1v) is 5.59. The van der Waals surface area contributed by atoms with Crippen LogP contribution < -0.4 is 5.73 Å². The molecule has 1 aromatic heterocycles. The third kappa shape index (κ3) is 1.21. The lowest BCUT2D eigenvalue weighted by Crippen LogP contribution is -2.02. The zero-order valence-corrected chi connectivity index (χ0v) is 9.03. The molecular weight excluding hydrogens is 184 g/mol. The highest BCUT2D eigenvalue weighted by Crippen LogP contribution is 2.44. The lowest BCUT2D eigenvalue weighted by Gasteiger charge is -2.04. The molecule has 0 spiro atoms. The van der Waals surface area contributed by atoms with Gasteiger partial charge in [-0.2, -0.15) is 0 Å². The van der Waals surface area contributed by atoms with Gasteiger partial charge in [-0.1, -0.05) is 18.2 Å². The zero-order valence-electron chi connectivity index (χ0n) is 9.03. The van der Waals surface area contributed by atoms with E-state index in [2.05, 4.69) is 35.9 Å². The lowest BCUT2D eigenvalue weighted by atomic mass is 10.1. The van der Waals surface area contributed by atoms with Crippen LogP contribution in [0.25, 0.3) is 10.9 Å². The quantitative estimate of drug-likeness (QED) is 0.793. The van der Waals surface area contributed by atoms with Gasteiger partial charge in [0.05, 0.1) is 0 Å². The lowest BCUT2D eigenvalue weighted by molar-refractivity contribution is 0.834. The maximum Gasteiger partial charge on any atom is 0.0483 e. The topological polar surface area (TPSA) is 30.9 Å². The second-order valence-electron chi connectivity index (χ2n) is 4.42. The van der Waals surface area contributed by atoms with E-state index in [0.29, 0.717) is 6.54 Å². The van der Waals surface area contributed by atoms with Crippen LogP contribution in [0.1, 0.15) is 30.0 Å². The summed E-state index contributed by atoms with van der Waals surface area (Å²) in [4.78, 5) is 0. The van der Waals surface area contributed by atoms with Crippen LogP contribution >= 0.6 is 0 Å². The Kier molecular flexibility index (Phi) is 1.86. The molecule has 1 heterocycles. The molecule has 15 heavy (non-hydrogen) atoms. The monoisotopic (exact) mass is 200 g/mol. The Morgan fingerprint density at radius 3 is 2.73 bits per heavy atom. The third-order valence-corrected chi connectivity index (χ3v) is 3.43. The number of hydrogen-bond donors (Lipinski definition) is 1. The Morgan fingerprint density at radius 2 is 2.07 bits per heavy atom. The fraction of sp³-hybridized carbons (Fsp3) is 0.385.